The Kier molecular flexibility index (Phi) is 8.08. The molecule has 29 heavy (non-hydrogen) atoms. The number of methoxy groups -OCH3 is 1. The van der Waals surface area contributed by atoms with E-state index >= 15 is 0 Å². The molecule has 0 unspecified atom stereocenters. The van der Waals surface area contributed by atoms with Crippen LogP contribution in [0.5, 0.6) is 5.75 Å². The molecule has 0 atom stereocenters. The molecule has 2 aromatic carbocycles. The molecule has 0 fully saturated rings. The Balaban J connectivity index is 1.90. The number of rotatable bonds is 8. The first-order valence-corrected chi connectivity index (χ1v) is 10.4. The molecule has 2 aromatic rings. The fourth-order valence-electron chi connectivity index (χ4n) is 2.17. The molecule has 0 spiro atoms. The number of hydrogen-bond acceptors (Lipinski definition) is 5. The van der Waals surface area contributed by atoms with Crippen LogP contribution in [-0.4, -0.2) is 33.1 Å². The highest BCUT2D eigenvalue weighted by molar-refractivity contribution is 7.89. The van der Waals surface area contributed by atoms with Crippen LogP contribution >= 0.6 is 12.2 Å². The molecule has 2 rings (SSSR count). The minimum Gasteiger partial charge on any atom is -0.497 e. The van der Waals surface area contributed by atoms with Gasteiger partial charge in [0.05, 0.1) is 12.0 Å². The number of hydrogen-bond donors (Lipinski definition) is 3. The minimum absolute atomic E-state index is 0.0924. The predicted molar refractivity (Wildman–Crippen MR) is 118 cm³/mol. The molecular weight excluding hydrogens is 410 g/mol. The standard InChI is InChI=1S/C20H21N3O4S2/c1-3-14-21-29(25,26)18-11-7-16(8-12-18)22-20(28)23-19(24)13-6-15-4-9-17(27-2)10-5-15/h3-13,21H,1,14H2,2H3,(H2,22,23,24,28). The molecule has 3 N–H and O–H groups in total. The van der Waals surface area contributed by atoms with Crippen LogP contribution in [0.3, 0.4) is 0 Å². The lowest BCUT2D eigenvalue weighted by Gasteiger charge is -2.09. The summed E-state index contributed by atoms with van der Waals surface area (Å²) in [6.45, 7) is 3.61. The highest BCUT2D eigenvalue weighted by atomic mass is 32.2. The Hall–Kier alpha value is -3.01. The zero-order chi connectivity index (χ0) is 21.3. The largest absolute Gasteiger partial charge is 0.497 e. The van der Waals surface area contributed by atoms with Crippen molar-refractivity contribution in [3.05, 3.63) is 72.8 Å². The molecule has 0 saturated heterocycles. The lowest BCUT2D eigenvalue weighted by atomic mass is 10.2. The molecule has 7 nitrogen and oxygen atoms in total. The quantitative estimate of drug-likeness (QED) is 0.338. The van der Waals surface area contributed by atoms with Gasteiger partial charge in [-0.15, -0.1) is 6.58 Å². The molecule has 152 valence electrons. The van der Waals surface area contributed by atoms with E-state index in [4.69, 9.17) is 17.0 Å². The summed E-state index contributed by atoms with van der Waals surface area (Å²) >= 11 is 5.10. The maximum atomic E-state index is 12.0. The number of sulfonamides is 1. The van der Waals surface area contributed by atoms with Gasteiger partial charge in [0.25, 0.3) is 0 Å². The number of carbonyl (C=O) groups is 1. The molecule has 0 aliphatic heterocycles. The fraction of sp³-hybridized carbons (Fsp3) is 0.100. The number of amides is 1. The monoisotopic (exact) mass is 431 g/mol. The van der Waals surface area contributed by atoms with E-state index in [1.165, 1.54) is 24.3 Å². The molecule has 0 heterocycles. The third-order valence-electron chi connectivity index (χ3n) is 3.62. The average Bonchev–Trinajstić information content (AvgIpc) is 2.71. The summed E-state index contributed by atoms with van der Waals surface area (Å²) in [4.78, 5) is 12.1. The van der Waals surface area contributed by atoms with E-state index < -0.39 is 15.9 Å². The maximum absolute atomic E-state index is 12.0. The third kappa shape index (κ3) is 7.15. The van der Waals surface area contributed by atoms with Crippen LogP contribution in [-0.2, 0) is 14.8 Å². The van der Waals surface area contributed by atoms with Crippen LogP contribution in [0.1, 0.15) is 5.56 Å². The maximum Gasteiger partial charge on any atom is 0.250 e. The number of carbonyl (C=O) groups excluding carboxylic acids is 1. The molecule has 0 bridgehead atoms. The van der Waals surface area contributed by atoms with Gasteiger partial charge in [0.2, 0.25) is 15.9 Å². The Morgan fingerprint density at radius 2 is 1.79 bits per heavy atom. The SMILES string of the molecule is C=CCNS(=O)(=O)c1ccc(NC(=S)NC(=O)C=Cc2ccc(OC)cc2)cc1. The summed E-state index contributed by atoms with van der Waals surface area (Å²) in [5.74, 6) is 0.332. The summed E-state index contributed by atoms with van der Waals surface area (Å²) in [5, 5.41) is 5.44. The van der Waals surface area contributed by atoms with E-state index in [0.717, 1.165) is 11.3 Å². The lowest BCUT2D eigenvalue weighted by molar-refractivity contribution is -0.115. The van der Waals surface area contributed by atoms with Gasteiger partial charge in [0.15, 0.2) is 5.11 Å². The summed E-state index contributed by atoms with van der Waals surface area (Å²) in [7, 11) is -2.01. The zero-order valence-corrected chi connectivity index (χ0v) is 17.3. The van der Waals surface area contributed by atoms with E-state index in [1.807, 2.05) is 12.1 Å². The van der Waals surface area contributed by atoms with Gasteiger partial charge in [-0.05, 0) is 60.3 Å². The van der Waals surface area contributed by atoms with Crippen LogP contribution in [0, 0.1) is 0 Å². The summed E-state index contributed by atoms with van der Waals surface area (Å²) in [6.07, 6.45) is 4.46. The normalized spacial score (nSPS) is 11.1. The van der Waals surface area contributed by atoms with Crippen LogP contribution < -0.4 is 20.1 Å². The number of thiocarbonyl (C=S) groups is 1. The van der Waals surface area contributed by atoms with Crippen molar-refractivity contribution in [2.24, 2.45) is 0 Å². The first kappa shape index (κ1) is 22.3. The molecule has 9 heteroatoms. The zero-order valence-electron chi connectivity index (χ0n) is 15.7. The van der Waals surface area contributed by atoms with Crippen LogP contribution in [0.25, 0.3) is 6.08 Å². The van der Waals surface area contributed by atoms with Crippen molar-refractivity contribution in [2.75, 3.05) is 19.0 Å². The van der Waals surface area contributed by atoms with Crippen molar-refractivity contribution < 1.29 is 17.9 Å². The molecule has 0 aliphatic rings. The Morgan fingerprint density at radius 1 is 1.14 bits per heavy atom. The average molecular weight is 432 g/mol. The van der Waals surface area contributed by atoms with Gasteiger partial charge in [-0.25, -0.2) is 13.1 Å². The van der Waals surface area contributed by atoms with E-state index in [2.05, 4.69) is 21.9 Å². The predicted octanol–water partition coefficient (Wildman–Crippen LogP) is 2.69. The van der Waals surface area contributed by atoms with Crippen LogP contribution in [0.15, 0.2) is 72.2 Å². The Morgan fingerprint density at radius 3 is 2.38 bits per heavy atom. The van der Waals surface area contributed by atoms with Gasteiger partial charge in [-0.3, -0.25) is 10.1 Å². The van der Waals surface area contributed by atoms with Crippen molar-refractivity contribution in [3.8, 4) is 5.75 Å². The Labute approximate surface area is 175 Å². The van der Waals surface area contributed by atoms with E-state index in [-0.39, 0.29) is 16.6 Å². The fourth-order valence-corrected chi connectivity index (χ4v) is 3.39. The topological polar surface area (TPSA) is 96.5 Å². The van der Waals surface area contributed by atoms with E-state index in [1.54, 1.807) is 37.5 Å². The van der Waals surface area contributed by atoms with Crippen molar-refractivity contribution in [1.29, 1.82) is 0 Å². The number of nitrogens with one attached hydrogen (secondary N) is 3. The van der Waals surface area contributed by atoms with Gasteiger partial charge in [0, 0.05) is 18.3 Å². The number of ether oxygens (including phenoxy) is 1. The van der Waals surface area contributed by atoms with E-state index in [0.29, 0.717) is 5.69 Å². The third-order valence-corrected chi connectivity index (χ3v) is 5.26. The molecule has 0 aromatic heterocycles. The second-order valence-corrected chi connectivity index (χ2v) is 7.89. The second kappa shape index (κ2) is 10.5. The van der Waals surface area contributed by atoms with Crippen LogP contribution in [0.4, 0.5) is 5.69 Å². The molecule has 0 aliphatic carbocycles. The number of anilines is 1. The molecule has 1 amide bonds. The molecule has 0 radical (unpaired) electrons. The Bertz CT molecular complexity index is 999. The molecular formula is C20H21N3O4S2. The second-order valence-electron chi connectivity index (χ2n) is 5.71. The lowest BCUT2D eigenvalue weighted by Crippen LogP contribution is -2.32. The number of benzene rings is 2. The van der Waals surface area contributed by atoms with Gasteiger partial charge in [-0.2, -0.15) is 0 Å². The highest BCUT2D eigenvalue weighted by Crippen LogP contribution is 2.14. The van der Waals surface area contributed by atoms with Crippen molar-refractivity contribution >= 4 is 45.0 Å². The van der Waals surface area contributed by atoms with Gasteiger partial charge >= 0.3 is 0 Å². The van der Waals surface area contributed by atoms with Gasteiger partial charge in [0.1, 0.15) is 5.75 Å². The summed E-state index contributed by atoms with van der Waals surface area (Å²) in [6, 6.07) is 13.2. The van der Waals surface area contributed by atoms with Crippen LogP contribution in [0.2, 0.25) is 0 Å². The highest BCUT2D eigenvalue weighted by Gasteiger charge is 2.12. The smallest absolute Gasteiger partial charge is 0.250 e. The minimum atomic E-state index is -3.59. The van der Waals surface area contributed by atoms with Crippen molar-refractivity contribution in [3.63, 3.8) is 0 Å². The van der Waals surface area contributed by atoms with Crippen molar-refractivity contribution in [1.82, 2.24) is 10.0 Å². The summed E-state index contributed by atoms with van der Waals surface area (Å²) < 4.78 is 31.5. The summed E-state index contributed by atoms with van der Waals surface area (Å²) in [5.41, 5.74) is 1.37. The first-order chi connectivity index (χ1) is 13.8. The van der Waals surface area contributed by atoms with E-state index in [9.17, 15) is 13.2 Å². The molecule has 0 saturated carbocycles. The van der Waals surface area contributed by atoms with Gasteiger partial charge < -0.3 is 10.1 Å². The van der Waals surface area contributed by atoms with Gasteiger partial charge in [-0.1, -0.05) is 18.2 Å². The van der Waals surface area contributed by atoms with Crippen molar-refractivity contribution in [2.45, 2.75) is 4.90 Å². The first-order valence-electron chi connectivity index (χ1n) is 8.49.